The molecule has 5 heteroatoms. The number of benzene rings is 1. The second-order valence-electron chi connectivity index (χ2n) is 8.02. The minimum Gasteiger partial charge on any atom is -0.348 e. The number of halogens is 1. The van der Waals surface area contributed by atoms with Crippen molar-refractivity contribution in [1.29, 1.82) is 0 Å². The summed E-state index contributed by atoms with van der Waals surface area (Å²) in [6, 6.07) is 8.49. The molecule has 2 atom stereocenters. The molecule has 0 spiro atoms. The first-order valence-electron chi connectivity index (χ1n) is 9.01. The van der Waals surface area contributed by atoms with E-state index >= 15 is 0 Å². The number of likely N-dealkylation sites (N-methyl/N-ethyl adjacent to an activating group) is 1. The van der Waals surface area contributed by atoms with Gasteiger partial charge in [-0.3, -0.25) is 4.79 Å². The smallest absolute Gasteiger partial charge is 0.234 e. The highest BCUT2D eigenvalue weighted by Gasteiger charge is 2.60. The monoisotopic (exact) mass is 355 g/mol. The number of rotatable bonds is 3. The first-order chi connectivity index (χ1) is 12.2. The fourth-order valence-electron chi connectivity index (χ4n) is 4.46. The Morgan fingerprint density at radius 3 is 2.42 bits per heavy atom. The molecule has 138 valence electrons. The van der Waals surface area contributed by atoms with E-state index in [9.17, 15) is 9.18 Å². The van der Waals surface area contributed by atoms with Gasteiger partial charge < -0.3 is 4.90 Å². The zero-order valence-electron chi connectivity index (χ0n) is 16.3. The highest BCUT2D eigenvalue weighted by atomic mass is 19.1. The summed E-state index contributed by atoms with van der Waals surface area (Å²) in [6.45, 7) is 8.31. The van der Waals surface area contributed by atoms with Crippen LogP contribution in [0, 0.1) is 11.2 Å². The van der Waals surface area contributed by atoms with E-state index in [4.69, 9.17) is 0 Å². The van der Waals surface area contributed by atoms with Gasteiger partial charge in [-0.15, -0.1) is 0 Å². The molecule has 4 nitrogen and oxygen atoms in total. The van der Waals surface area contributed by atoms with E-state index in [0.29, 0.717) is 17.0 Å². The number of aromatic nitrogens is 2. The Labute approximate surface area is 154 Å². The largest absolute Gasteiger partial charge is 0.348 e. The number of hydrogen-bond acceptors (Lipinski definition) is 3. The normalized spacial score (nSPS) is 23.6. The number of hydrogen-bond donors (Lipinski definition) is 0. The molecule has 26 heavy (non-hydrogen) atoms. The van der Waals surface area contributed by atoms with Crippen LogP contribution in [0.25, 0.3) is 11.3 Å². The van der Waals surface area contributed by atoms with Crippen molar-refractivity contribution in [1.82, 2.24) is 15.1 Å². The number of carbonyl (C=O) groups is 1. The minimum atomic E-state index is -0.771. The number of amides is 1. The average Bonchev–Trinajstić information content (AvgIpc) is 2.77. The minimum absolute atomic E-state index is 0.0210. The van der Waals surface area contributed by atoms with E-state index in [1.165, 1.54) is 6.07 Å². The van der Waals surface area contributed by atoms with Crippen molar-refractivity contribution >= 4 is 5.91 Å². The van der Waals surface area contributed by atoms with Gasteiger partial charge in [0.25, 0.3) is 0 Å². The molecule has 0 saturated carbocycles. The van der Waals surface area contributed by atoms with Crippen LogP contribution in [0.2, 0.25) is 0 Å². The highest BCUT2D eigenvalue weighted by Crippen LogP contribution is 2.59. The molecule has 0 aliphatic heterocycles. The zero-order chi connectivity index (χ0) is 19.3. The molecule has 1 heterocycles. The molecule has 1 unspecified atom stereocenters. The first kappa shape index (κ1) is 18.5. The molecular weight excluding hydrogens is 329 g/mol. The van der Waals surface area contributed by atoms with Gasteiger partial charge in [0.2, 0.25) is 5.91 Å². The fraction of sp³-hybridized carbons (Fsp3) is 0.476. The summed E-state index contributed by atoms with van der Waals surface area (Å²) >= 11 is 0. The molecule has 0 saturated heterocycles. The maximum atomic E-state index is 14.2. The summed E-state index contributed by atoms with van der Waals surface area (Å²) in [5.41, 5.74) is 1.57. The molecule has 3 rings (SSSR count). The summed E-state index contributed by atoms with van der Waals surface area (Å²) < 4.78 is 14.2. The molecule has 2 aromatic rings. The third-order valence-electron chi connectivity index (χ3n) is 6.22. The molecule has 1 aromatic heterocycles. The lowest BCUT2D eigenvalue weighted by Crippen LogP contribution is -2.50. The third-order valence-corrected chi connectivity index (χ3v) is 6.22. The summed E-state index contributed by atoms with van der Waals surface area (Å²) in [5, 5.41) is 8.76. The van der Waals surface area contributed by atoms with Crippen molar-refractivity contribution in [3.8, 4) is 11.3 Å². The second kappa shape index (κ2) is 6.15. The Balaban J connectivity index is 2.24. The van der Waals surface area contributed by atoms with Crippen LogP contribution in [0.4, 0.5) is 4.39 Å². The maximum Gasteiger partial charge on any atom is 0.234 e. The van der Waals surface area contributed by atoms with Crippen LogP contribution in [0.1, 0.15) is 51.3 Å². The summed E-state index contributed by atoms with van der Waals surface area (Å²) in [6.07, 6.45) is 0.874. The van der Waals surface area contributed by atoms with Gasteiger partial charge in [-0.2, -0.15) is 10.2 Å². The van der Waals surface area contributed by atoms with Crippen molar-refractivity contribution in [2.45, 2.75) is 45.4 Å². The Kier molecular flexibility index (Phi) is 4.37. The third kappa shape index (κ3) is 2.37. The van der Waals surface area contributed by atoms with Gasteiger partial charge in [0, 0.05) is 19.7 Å². The SMILES string of the molecule is CC[C@@H]1c2cc(-c3ccccc3F)nnc2C(C)(C(=O)N(C)C)C1(C)C. The highest BCUT2D eigenvalue weighted by molar-refractivity contribution is 5.90. The van der Waals surface area contributed by atoms with Gasteiger partial charge in [-0.05, 0) is 48.4 Å². The fourth-order valence-corrected chi connectivity index (χ4v) is 4.46. The molecule has 0 N–H and O–H groups in total. The summed E-state index contributed by atoms with van der Waals surface area (Å²) in [4.78, 5) is 14.7. The van der Waals surface area contributed by atoms with Crippen LogP contribution in [0.3, 0.4) is 0 Å². The Morgan fingerprint density at radius 2 is 1.85 bits per heavy atom. The van der Waals surface area contributed by atoms with E-state index < -0.39 is 5.41 Å². The lowest BCUT2D eigenvalue weighted by atomic mass is 9.63. The van der Waals surface area contributed by atoms with Crippen molar-refractivity contribution in [2.75, 3.05) is 14.1 Å². The second-order valence-corrected chi connectivity index (χ2v) is 8.02. The van der Waals surface area contributed by atoms with E-state index in [2.05, 4.69) is 31.0 Å². The lowest BCUT2D eigenvalue weighted by molar-refractivity contribution is -0.138. The average molecular weight is 355 g/mol. The standard InChI is InChI=1S/C21H26FN3O/c1-7-15-14-12-17(13-10-8-9-11-16(13)22)23-24-18(14)21(4,20(15,2)3)19(26)25(5)6/h8-12,15H,7H2,1-6H3/t15-,21?/m1/s1. The predicted octanol–water partition coefficient (Wildman–Crippen LogP) is 4.16. The van der Waals surface area contributed by atoms with Gasteiger partial charge in [-0.25, -0.2) is 4.39 Å². The number of fused-ring (bicyclic) bond motifs is 1. The van der Waals surface area contributed by atoms with Crippen LogP contribution in [-0.2, 0) is 10.2 Å². The molecule has 1 aromatic carbocycles. The van der Waals surface area contributed by atoms with Gasteiger partial charge in [0.05, 0.1) is 16.8 Å². The zero-order valence-corrected chi connectivity index (χ0v) is 16.3. The molecule has 0 radical (unpaired) electrons. The van der Waals surface area contributed by atoms with Gasteiger partial charge >= 0.3 is 0 Å². The van der Waals surface area contributed by atoms with Crippen LogP contribution in [-0.4, -0.2) is 35.1 Å². The first-order valence-corrected chi connectivity index (χ1v) is 9.01. The Morgan fingerprint density at radius 1 is 1.19 bits per heavy atom. The maximum absolute atomic E-state index is 14.2. The van der Waals surface area contributed by atoms with Crippen LogP contribution in [0.5, 0.6) is 0 Å². The Hall–Kier alpha value is -2.30. The number of carbonyl (C=O) groups excluding carboxylic acids is 1. The van der Waals surface area contributed by atoms with E-state index in [1.54, 1.807) is 37.2 Å². The van der Waals surface area contributed by atoms with Gasteiger partial charge in [-0.1, -0.05) is 32.9 Å². The van der Waals surface area contributed by atoms with Crippen molar-refractivity contribution in [3.05, 3.63) is 47.4 Å². The molecule has 1 aliphatic carbocycles. The van der Waals surface area contributed by atoms with Crippen molar-refractivity contribution in [3.63, 3.8) is 0 Å². The van der Waals surface area contributed by atoms with E-state index in [0.717, 1.165) is 12.0 Å². The topological polar surface area (TPSA) is 46.1 Å². The van der Waals surface area contributed by atoms with E-state index in [-0.39, 0.29) is 23.1 Å². The predicted molar refractivity (Wildman–Crippen MR) is 100 cm³/mol. The quantitative estimate of drug-likeness (QED) is 0.830. The number of nitrogens with zero attached hydrogens (tertiary/aromatic N) is 3. The Bertz CT molecular complexity index is 862. The van der Waals surface area contributed by atoms with Gasteiger partial charge in [0.1, 0.15) is 5.82 Å². The van der Waals surface area contributed by atoms with Crippen LogP contribution < -0.4 is 0 Å². The summed E-state index contributed by atoms with van der Waals surface area (Å²) in [7, 11) is 3.54. The van der Waals surface area contributed by atoms with Gasteiger partial charge in [0.15, 0.2) is 0 Å². The molecule has 1 amide bonds. The van der Waals surface area contributed by atoms with Crippen molar-refractivity contribution in [2.24, 2.45) is 5.41 Å². The lowest BCUT2D eigenvalue weighted by Gasteiger charge is -2.41. The molecular formula is C21H26FN3O. The van der Waals surface area contributed by atoms with Crippen LogP contribution in [0.15, 0.2) is 30.3 Å². The van der Waals surface area contributed by atoms with Crippen LogP contribution >= 0.6 is 0 Å². The van der Waals surface area contributed by atoms with E-state index in [1.807, 2.05) is 13.0 Å². The summed E-state index contributed by atoms with van der Waals surface area (Å²) in [5.74, 6) is -0.153. The molecule has 1 aliphatic rings. The molecule has 0 bridgehead atoms. The molecule has 0 fully saturated rings. The van der Waals surface area contributed by atoms with Crippen molar-refractivity contribution < 1.29 is 9.18 Å².